The zero-order valence-corrected chi connectivity index (χ0v) is 10.5. The fraction of sp³-hybridized carbons (Fsp3) is 0.818. The van der Waals surface area contributed by atoms with Crippen LogP contribution < -0.4 is 5.32 Å². The van der Waals surface area contributed by atoms with Gasteiger partial charge in [0.05, 0.1) is 12.1 Å². The van der Waals surface area contributed by atoms with Crippen molar-refractivity contribution in [3.8, 4) is 0 Å². The SMILES string of the molecule is CNC1CCC2CSCC(C(C)=O)N2C1=O. The van der Waals surface area contributed by atoms with Gasteiger partial charge in [-0.3, -0.25) is 9.59 Å². The molecular weight excluding hydrogens is 224 g/mol. The highest BCUT2D eigenvalue weighted by atomic mass is 32.2. The Morgan fingerprint density at radius 3 is 2.81 bits per heavy atom. The van der Waals surface area contributed by atoms with Gasteiger partial charge in [0, 0.05) is 17.5 Å². The van der Waals surface area contributed by atoms with E-state index in [4.69, 9.17) is 0 Å². The predicted octanol–water partition coefficient (Wildman–Crippen LogP) is 0.270. The Bertz CT molecular complexity index is 308. The third kappa shape index (κ3) is 1.98. The predicted molar refractivity (Wildman–Crippen MR) is 64.5 cm³/mol. The van der Waals surface area contributed by atoms with E-state index in [9.17, 15) is 9.59 Å². The van der Waals surface area contributed by atoms with Crippen LogP contribution in [0.5, 0.6) is 0 Å². The zero-order valence-electron chi connectivity index (χ0n) is 9.73. The number of hydrogen-bond acceptors (Lipinski definition) is 4. The van der Waals surface area contributed by atoms with Gasteiger partial charge in [-0.2, -0.15) is 11.8 Å². The van der Waals surface area contributed by atoms with Gasteiger partial charge in [0.15, 0.2) is 5.78 Å². The molecule has 1 N–H and O–H groups in total. The van der Waals surface area contributed by atoms with E-state index in [1.807, 2.05) is 11.9 Å². The molecule has 2 saturated heterocycles. The number of thioether (sulfide) groups is 1. The number of Topliss-reactive ketones (excluding diaryl/α,β-unsaturated/α-hetero) is 1. The molecule has 2 aliphatic rings. The Labute approximate surface area is 100 Å². The van der Waals surface area contributed by atoms with Crippen LogP contribution in [0, 0.1) is 0 Å². The average Bonchev–Trinajstić information content (AvgIpc) is 2.29. The lowest BCUT2D eigenvalue weighted by molar-refractivity contribution is -0.145. The molecule has 4 nitrogen and oxygen atoms in total. The highest BCUT2D eigenvalue weighted by molar-refractivity contribution is 7.99. The highest BCUT2D eigenvalue weighted by Gasteiger charge is 2.42. The summed E-state index contributed by atoms with van der Waals surface area (Å²) in [5, 5.41) is 3.04. The summed E-state index contributed by atoms with van der Waals surface area (Å²) >= 11 is 1.79. The lowest BCUT2D eigenvalue weighted by Crippen LogP contribution is -2.62. The summed E-state index contributed by atoms with van der Waals surface area (Å²) in [6.07, 6.45) is 1.90. The number of ketones is 1. The highest BCUT2D eigenvalue weighted by Crippen LogP contribution is 2.30. The van der Waals surface area contributed by atoms with Gasteiger partial charge < -0.3 is 10.2 Å². The van der Waals surface area contributed by atoms with Crippen molar-refractivity contribution in [2.45, 2.75) is 37.9 Å². The maximum Gasteiger partial charge on any atom is 0.240 e. The zero-order chi connectivity index (χ0) is 11.7. The number of carbonyl (C=O) groups excluding carboxylic acids is 2. The molecule has 2 fully saturated rings. The molecule has 16 heavy (non-hydrogen) atoms. The minimum absolute atomic E-state index is 0.0961. The van der Waals surface area contributed by atoms with Crippen LogP contribution in [-0.2, 0) is 9.59 Å². The Hall–Kier alpha value is -0.550. The van der Waals surface area contributed by atoms with Gasteiger partial charge in [0.25, 0.3) is 0 Å². The summed E-state index contributed by atoms with van der Waals surface area (Å²) in [6.45, 7) is 1.59. The summed E-state index contributed by atoms with van der Waals surface area (Å²) < 4.78 is 0. The molecule has 0 aliphatic carbocycles. The number of nitrogens with zero attached hydrogens (tertiary/aromatic N) is 1. The smallest absolute Gasteiger partial charge is 0.240 e. The molecule has 0 aromatic heterocycles. The summed E-state index contributed by atoms with van der Waals surface area (Å²) in [5.41, 5.74) is 0. The van der Waals surface area contributed by atoms with Gasteiger partial charge in [-0.1, -0.05) is 0 Å². The van der Waals surface area contributed by atoms with E-state index in [-0.39, 0.29) is 29.8 Å². The van der Waals surface area contributed by atoms with E-state index in [1.54, 1.807) is 18.7 Å². The third-order valence-electron chi connectivity index (χ3n) is 3.47. The average molecular weight is 242 g/mol. The number of fused-ring (bicyclic) bond motifs is 1. The number of likely N-dealkylation sites (N-methyl/N-ethyl adjacent to an activating group) is 1. The van der Waals surface area contributed by atoms with Crippen molar-refractivity contribution < 1.29 is 9.59 Å². The van der Waals surface area contributed by atoms with E-state index in [0.717, 1.165) is 24.3 Å². The van der Waals surface area contributed by atoms with E-state index in [2.05, 4.69) is 5.32 Å². The molecule has 3 atom stereocenters. The molecule has 2 heterocycles. The molecule has 0 aromatic carbocycles. The first-order chi connectivity index (χ1) is 7.65. The first-order valence-electron chi connectivity index (χ1n) is 5.72. The summed E-state index contributed by atoms with van der Waals surface area (Å²) in [4.78, 5) is 25.6. The van der Waals surface area contributed by atoms with Gasteiger partial charge in [-0.25, -0.2) is 0 Å². The molecule has 90 valence electrons. The molecular formula is C11H18N2O2S. The summed E-state index contributed by atoms with van der Waals surface area (Å²) in [6, 6.07) is -0.0293. The molecule has 0 spiro atoms. The van der Waals surface area contributed by atoms with Crippen LogP contribution in [0.4, 0.5) is 0 Å². The quantitative estimate of drug-likeness (QED) is 0.755. The second kappa shape index (κ2) is 4.75. The van der Waals surface area contributed by atoms with Crippen LogP contribution in [0.1, 0.15) is 19.8 Å². The number of carbonyl (C=O) groups is 2. The van der Waals surface area contributed by atoms with Crippen LogP contribution in [0.25, 0.3) is 0 Å². The van der Waals surface area contributed by atoms with E-state index in [0.29, 0.717) is 0 Å². The van der Waals surface area contributed by atoms with Crippen molar-refractivity contribution >= 4 is 23.5 Å². The largest absolute Gasteiger partial charge is 0.327 e. The van der Waals surface area contributed by atoms with Crippen molar-refractivity contribution in [1.82, 2.24) is 10.2 Å². The second-order valence-electron chi connectivity index (χ2n) is 4.48. The number of amides is 1. The van der Waals surface area contributed by atoms with E-state index >= 15 is 0 Å². The topological polar surface area (TPSA) is 49.4 Å². The van der Waals surface area contributed by atoms with Gasteiger partial charge in [0.2, 0.25) is 5.91 Å². The summed E-state index contributed by atoms with van der Waals surface area (Å²) in [5.74, 6) is 1.96. The molecule has 0 radical (unpaired) electrons. The van der Waals surface area contributed by atoms with Crippen molar-refractivity contribution in [1.29, 1.82) is 0 Å². The van der Waals surface area contributed by atoms with Crippen LogP contribution in [-0.4, -0.2) is 53.3 Å². The lowest BCUT2D eigenvalue weighted by Gasteiger charge is -2.45. The van der Waals surface area contributed by atoms with Crippen molar-refractivity contribution in [3.63, 3.8) is 0 Å². The van der Waals surface area contributed by atoms with Gasteiger partial charge >= 0.3 is 0 Å². The van der Waals surface area contributed by atoms with Crippen molar-refractivity contribution in [3.05, 3.63) is 0 Å². The van der Waals surface area contributed by atoms with Crippen molar-refractivity contribution in [2.24, 2.45) is 0 Å². The minimum Gasteiger partial charge on any atom is -0.327 e. The molecule has 2 rings (SSSR count). The minimum atomic E-state index is -0.201. The van der Waals surface area contributed by atoms with Crippen LogP contribution in [0.2, 0.25) is 0 Å². The van der Waals surface area contributed by atoms with E-state index < -0.39 is 0 Å². The number of hydrogen-bond donors (Lipinski definition) is 1. The van der Waals surface area contributed by atoms with Crippen LogP contribution in [0.3, 0.4) is 0 Å². The Kier molecular flexibility index (Phi) is 3.54. The van der Waals surface area contributed by atoms with Gasteiger partial charge in [-0.15, -0.1) is 0 Å². The Morgan fingerprint density at radius 2 is 2.19 bits per heavy atom. The number of nitrogens with one attached hydrogen (secondary N) is 1. The molecule has 3 unspecified atom stereocenters. The maximum absolute atomic E-state index is 12.2. The first kappa shape index (κ1) is 11.9. The van der Waals surface area contributed by atoms with Crippen LogP contribution >= 0.6 is 11.8 Å². The maximum atomic E-state index is 12.2. The molecule has 0 bridgehead atoms. The van der Waals surface area contributed by atoms with Crippen molar-refractivity contribution in [2.75, 3.05) is 18.6 Å². The molecule has 0 saturated carbocycles. The summed E-state index contributed by atoms with van der Waals surface area (Å²) in [7, 11) is 1.81. The monoisotopic (exact) mass is 242 g/mol. The first-order valence-corrected chi connectivity index (χ1v) is 6.88. The Balaban J connectivity index is 2.20. The van der Waals surface area contributed by atoms with Gasteiger partial charge in [-0.05, 0) is 26.8 Å². The fourth-order valence-corrected chi connectivity index (χ4v) is 3.88. The van der Waals surface area contributed by atoms with E-state index in [1.165, 1.54) is 0 Å². The second-order valence-corrected chi connectivity index (χ2v) is 5.56. The molecule has 5 heteroatoms. The normalized spacial score (nSPS) is 34.8. The van der Waals surface area contributed by atoms with Gasteiger partial charge in [0.1, 0.15) is 0 Å². The Morgan fingerprint density at radius 1 is 1.44 bits per heavy atom. The standard InChI is InChI=1S/C11H18N2O2S/c1-7(14)10-6-16-5-8-3-4-9(12-2)11(15)13(8)10/h8-10,12H,3-6H2,1-2H3. The number of piperidine rings is 1. The lowest BCUT2D eigenvalue weighted by atomic mass is 9.95. The third-order valence-corrected chi connectivity index (χ3v) is 4.65. The number of rotatable bonds is 2. The molecule has 2 aliphatic heterocycles. The van der Waals surface area contributed by atoms with Crippen LogP contribution in [0.15, 0.2) is 0 Å². The fourth-order valence-electron chi connectivity index (χ4n) is 2.53. The molecule has 1 amide bonds. The molecule has 0 aromatic rings.